The first-order valence-corrected chi connectivity index (χ1v) is 8.55. The fraction of sp³-hybridized carbons (Fsp3) is 0.143. The van der Waals surface area contributed by atoms with Gasteiger partial charge in [-0.15, -0.1) is 13.2 Å². The number of halogens is 4. The van der Waals surface area contributed by atoms with E-state index < -0.39 is 45.7 Å². The van der Waals surface area contributed by atoms with Crippen molar-refractivity contribution in [2.24, 2.45) is 0 Å². The lowest BCUT2D eigenvalue weighted by Crippen LogP contribution is -2.29. The van der Waals surface area contributed by atoms with E-state index in [0.717, 1.165) is 30.3 Å². The lowest BCUT2D eigenvalue weighted by atomic mass is 9.79. The van der Waals surface area contributed by atoms with Gasteiger partial charge in [-0.2, -0.15) is 0 Å². The van der Waals surface area contributed by atoms with Crippen LogP contribution in [0.15, 0.2) is 41.3 Å². The van der Waals surface area contributed by atoms with Gasteiger partial charge in [-0.1, -0.05) is 12.1 Å². The Bertz CT molecular complexity index is 951. The molecule has 12 heteroatoms. The number of nitrogens with one attached hydrogen (secondary N) is 1. The zero-order chi connectivity index (χ0) is 19.1. The van der Waals surface area contributed by atoms with E-state index in [0.29, 0.717) is 5.56 Å². The Morgan fingerprint density at radius 1 is 1.23 bits per heavy atom. The summed E-state index contributed by atoms with van der Waals surface area (Å²) in [6.45, 7) is -0.0529. The van der Waals surface area contributed by atoms with Gasteiger partial charge in [0.15, 0.2) is 0 Å². The van der Waals surface area contributed by atoms with Gasteiger partial charge < -0.3 is 14.4 Å². The fourth-order valence-electron chi connectivity index (χ4n) is 2.40. The molecule has 138 valence electrons. The number of anilines is 1. The number of fused-ring (bicyclic) bond motifs is 1. The number of hydrogen-bond donors (Lipinski definition) is 2. The first-order chi connectivity index (χ1) is 12.1. The Hall–Kier alpha value is -2.31. The molecule has 0 saturated heterocycles. The number of hydrogen-bond acceptors (Lipinski definition) is 5. The second-order valence-corrected chi connectivity index (χ2v) is 6.95. The molecule has 0 fully saturated rings. The van der Waals surface area contributed by atoms with Crippen LogP contribution in [0, 0.1) is 5.82 Å². The minimum Gasteiger partial charge on any atom is -0.423 e. The van der Waals surface area contributed by atoms with Crippen molar-refractivity contribution >= 4 is 28.3 Å². The Balaban J connectivity index is 1.98. The molecule has 6 nitrogen and oxygen atoms in total. The summed E-state index contributed by atoms with van der Waals surface area (Å²) < 4.78 is 86.8. The third-order valence-corrected chi connectivity index (χ3v) is 4.91. The molecule has 0 unspecified atom stereocenters. The maximum absolute atomic E-state index is 14.1. The second kappa shape index (κ2) is 6.45. The van der Waals surface area contributed by atoms with E-state index in [1.165, 1.54) is 6.07 Å². The van der Waals surface area contributed by atoms with Crippen LogP contribution >= 0.6 is 0 Å². The van der Waals surface area contributed by atoms with Crippen LogP contribution in [-0.2, 0) is 21.3 Å². The summed E-state index contributed by atoms with van der Waals surface area (Å²) in [6.07, 6.45) is -5.11. The normalized spacial score (nSPS) is 14.3. The Kier molecular flexibility index (Phi) is 4.59. The largest absolute Gasteiger partial charge is 0.573 e. The Labute approximate surface area is 145 Å². The molecule has 1 aliphatic heterocycles. The Morgan fingerprint density at radius 3 is 2.62 bits per heavy atom. The van der Waals surface area contributed by atoms with Gasteiger partial charge >= 0.3 is 13.5 Å². The van der Waals surface area contributed by atoms with Gasteiger partial charge in [-0.25, -0.2) is 12.8 Å². The van der Waals surface area contributed by atoms with Gasteiger partial charge in [-0.05, 0) is 35.3 Å². The van der Waals surface area contributed by atoms with Crippen molar-refractivity contribution in [3.05, 3.63) is 47.8 Å². The van der Waals surface area contributed by atoms with E-state index in [9.17, 15) is 31.0 Å². The maximum atomic E-state index is 14.1. The number of ether oxygens (including phenoxy) is 1. The van der Waals surface area contributed by atoms with Crippen molar-refractivity contribution < 1.29 is 40.4 Å². The molecule has 0 atom stereocenters. The first kappa shape index (κ1) is 18.5. The lowest BCUT2D eigenvalue weighted by molar-refractivity contribution is -0.275. The molecular formula is C14H10BF4NO5S. The Morgan fingerprint density at radius 2 is 1.92 bits per heavy atom. The number of rotatable bonds is 4. The summed E-state index contributed by atoms with van der Waals surface area (Å²) in [6, 6.07) is 6.04. The van der Waals surface area contributed by atoms with Crippen molar-refractivity contribution in [1.82, 2.24) is 0 Å². The highest BCUT2D eigenvalue weighted by molar-refractivity contribution is 7.92. The monoisotopic (exact) mass is 391 g/mol. The van der Waals surface area contributed by atoms with E-state index >= 15 is 0 Å². The van der Waals surface area contributed by atoms with Crippen molar-refractivity contribution in [2.45, 2.75) is 17.9 Å². The van der Waals surface area contributed by atoms with E-state index in [2.05, 4.69) is 4.74 Å². The van der Waals surface area contributed by atoms with Crippen molar-refractivity contribution in [3.63, 3.8) is 0 Å². The molecule has 26 heavy (non-hydrogen) atoms. The maximum Gasteiger partial charge on any atom is 0.573 e. The average Bonchev–Trinajstić information content (AvgIpc) is 2.87. The SMILES string of the molecule is O=S(=O)(Nc1cc2c(cc1F)COB2O)c1ccccc1OC(F)(F)F. The molecule has 0 bridgehead atoms. The summed E-state index contributed by atoms with van der Waals surface area (Å²) >= 11 is 0. The average molecular weight is 391 g/mol. The van der Waals surface area contributed by atoms with Crippen LogP contribution < -0.4 is 14.9 Å². The predicted octanol–water partition coefficient (Wildman–Crippen LogP) is 1.74. The third kappa shape index (κ3) is 3.76. The quantitative estimate of drug-likeness (QED) is 0.613. The highest BCUT2D eigenvalue weighted by atomic mass is 32.2. The van der Waals surface area contributed by atoms with Crippen LogP contribution in [0.3, 0.4) is 0 Å². The predicted molar refractivity (Wildman–Crippen MR) is 82.7 cm³/mol. The number of sulfonamides is 1. The first-order valence-electron chi connectivity index (χ1n) is 7.06. The highest BCUT2D eigenvalue weighted by Gasteiger charge is 2.34. The zero-order valence-electron chi connectivity index (χ0n) is 12.7. The molecular weight excluding hydrogens is 381 g/mol. The molecule has 2 aromatic rings. The standard InChI is InChI=1S/C14H10BF4NO5S/c16-10-5-8-7-24-15(21)9(8)6-11(10)20-26(22,23)13-4-2-1-3-12(13)25-14(17,18)19/h1-6,20-21H,7H2. The van der Waals surface area contributed by atoms with Crippen molar-refractivity contribution in [1.29, 1.82) is 0 Å². The number of para-hydroxylation sites is 1. The summed E-state index contributed by atoms with van der Waals surface area (Å²) in [5.41, 5.74) is -0.0576. The molecule has 0 amide bonds. The molecule has 0 saturated carbocycles. The smallest absolute Gasteiger partial charge is 0.423 e. The molecule has 0 spiro atoms. The molecule has 2 aromatic carbocycles. The molecule has 0 radical (unpaired) electrons. The van der Waals surface area contributed by atoms with Gasteiger partial charge in [0.05, 0.1) is 12.3 Å². The minimum absolute atomic E-state index is 0.0529. The van der Waals surface area contributed by atoms with Crippen LogP contribution in [0.25, 0.3) is 0 Å². The molecule has 2 N–H and O–H groups in total. The van der Waals surface area contributed by atoms with Gasteiger partial charge in [0, 0.05) is 0 Å². The van der Waals surface area contributed by atoms with Crippen LogP contribution in [0.2, 0.25) is 0 Å². The topological polar surface area (TPSA) is 84.9 Å². The molecule has 0 aliphatic carbocycles. The number of benzene rings is 2. The van der Waals surface area contributed by atoms with E-state index in [-0.39, 0.29) is 12.1 Å². The van der Waals surface area contributed by atoms with E-state index in [4.69, 9.17) is 4.65 Å². The fourth-order valence-corrected chi connectivity index (χ4v) is 3.59. The number of alkyl halides is 3. The minimum atomic E-state index is -5.11. The van der Waals surface area contributed by atoms with Gasteiger partial charge in [0.25, 0.3) is 10.0 Å². The molecule has 0 aromatic heterocycles. The van der Waals surface area contributed by atoms with Crippen LogP contribution in [-0.4, -0.2) is 26.9 Å². The van der Waals surface area contributed by atoms with Crippen LogP contribution in [0.1, 0.15) is 5.56 Å². The summed E-state index contributed by atoms with van der Waals surface area (Å²) in [5.74, 6) is -1.93. The molecule has 3 rings (SSSR count). The van der Waals surface area contributed by atoms with Gasteiger partial charge in [-0.3, -0.25) is 4.72 Å². The van der Waals surface area contributed by atoms with Crippen molar-refractivity contribution in [3.8, 4) is 5.75 Å². The molecule has 1 heterocycles. The second-order valence-electron chi connectivity index (χ2n) is 5.29. The van der Waals surface area contributed by atoms with E-state index in [1.807, 2.05) is 4.72 Å². The van der Waals surface area contributed by atoms with Crippen LogP contribution in [0.4, 0.5) is 23.2 Å². The molecule has 1 aliphatic rings. The van der Waals surface area contributed by atoms with Crippen molar-refractivity contribution in [2.75, 3.05) is 4.72 Å². The summed E-state index contributed by atoms with van der Waals surface area (Å²) in [7, 11) is -5.96. The van der Waals surface area contributed by atoms with Gasteiger partial charge in [0.1, 0.15) is 16.5 Å². The van der Waals surface area contributed by atoms with Gasteiger partial charge in [0.2, 0.25) is 0 Å². The van der Waals surface area contributed by atoms with Crippen LogP contribution in [0.5, 0.6) is 5.75 Å². The summed E-state index contributed by atoms with van der Waals surface area (Å²) in [4.78, 5) is -0.825. The highest BCUT2D eigenvalue weighted by Crippen LogP contribution is 2.31. The summed E-state index contributed by atoms with van der Waals surface area (Å²) in [5, 5.41) is 9.62. The van der Waals surface area contributed by atoms with E-state index in [1.54, 1.807) is 0 Å². The third-order valence-electron chi connectivity index (χ3n) is 3.50. The zero-order valence-corrected chi connectivity index (χ0v) is 13.6. The lowest BCUT2D eigenvalue weighted by Gasteiger charge is -2.15.